The van der Waals surface area contributed by atoms with Crippen LogP contribution in [0.25, 0.3) is 5.69 Å². The monoisotopic (exact) mass is 440 g/mol. The lowest BCUT2D eigenvalue weighted by Gasteiger charge is -2.14. The van der Waals surface area contributed by atoms with Gasteiger partial charge in [0.2, 0.25) is 5.91 Å². The Morgan fingerprint density at radius 1 is 1.00 bits per heavy atom. The second kappa shape index (κ2) is 7.55. The topological polar surface area (TPSA) is 110 Å². The average Bonchev–Trinajstić information content (AvgIpc) is 3.09. The van der Waals surface area contributed by atoms with Crippen molar-refractivity contribution in [3.63, 3.8) is 0 Å². The maximum atomic E-state index is 12.9. The lowest BCUT2D eigenvalue weighted by Crippen LogP contribution is -2.33. The summed E-state index contributed by atoms with van der Waals surface area (Å²) in [6.45, 7) is 1.38. The van der Waals surface area contributed by atoms with Crippen LogP contribution in [0.1, 0.15) is 22.5 Å². The van der Waals surface area contributed by atoms with E-state index in [1.165, 1.54) is 22.9 Å². The fraction of sp³-hybridized carbons (Fsp3) is 0.190. The third-order valence-electron chi connectivity index (χ3n) is 5.27. The van der Waals surface area contributed by atoms with Crippen LogP contribution in [-0.2, 0) is 21.9 Å². The van der Waals surface area contributed by atoms with E-state index in [1.807, 2.05) is 6.07 Å². The predicted molar refractivity (Wildman–Crippen MR) is 114 cm³/mol. The first-order chi connectivity index (χ1) is 14.7. The van der Waals surface area contributed by atoms with E-state index in [2.05, 4.69) is 5.32 Å². The molecule has 0 fully saturated rings. The van der Waals surface area contributed by atoms with Crippen LogP contribution in [0, 0.1) is 6.92 Å². The minimum atomic E-state index is -3.99. The molecule has 9 nitrogen and oxygen atoms in total. The van der Waals surface area contributed by atoms with E-state index in [4.69, 9.17) is 0 Å². The highest BCUT2D eigenvalue weighted by molar-refractivity contribution is 7.90. The van der Waals surface area contributed by atoms with Crippen LogP contribution < -0.4 is 10.9 Å². The molecule has 2 amide bonds. The molecule has 2 aromatic carbocycles. The number of nitrogens with zero attached hydrogens (tertiary/aromatic N) is 3. The zero-order chi connectivity index (χ0) is 22.3. The minimum absolute atomic E-state index is 0.0648. The van der Waals surface area contributed by atoms with E-state index in [0.29, 0.717) is 15.7 Å². The lowest BCUT2D eigenvalue weighted by atomic mass is 10.2. The van der Waals surface area contributed by atoms with Gasteiger partial charge in [-0.1, -0.05) is 30.3 Å². The Balaban J connectivity index is 1.52. The van der Waals surface area contributed by atoms with Crippen molar-refractivity contribution in [3.8, 4) is 5.69 Å². The highest BCUT2D eigenvalue weighted by atomic mass is 32.2. The largest absolute Gasteiger partial charge is 0.320 e. The number of para-hydroxylation sites is 1. The van der Waals surface area contributed by atoms with Crippen LogP contribution in [0.15, 0.2) is 64.3 Å². The summed E-state index contributed by atoms with van der Waals surface area (Å²) in [6.07, 6.45) is -0.280. The molecule has 0 atom stereocenters. The highest BCUT2D eigenvalue weighted by Gasteiger charge is 2.40. The molecule has 160 valence electrons. The molecule has 0 spiro atoms. The van der Waals surface area contributed by atoms with Gasteiger partial charge in [0, 0.05) is 20.0 Å². The molecule has 0 saturated carbocycles. The van der Waals surface area contributed by atoms with Crippen molar-refractivity contribution in [1.29, 1.82) is 0 Å². The summed E-state index contributed by atoms with van der Waals surface area (Å²) in [4.78, 5) is 37.8. The van der Waals surface area contributed by atoms with Crippen LogP contribution >= 0.6 is 0 Å². The Morgan fingerprint density at radius 2 is 1.65 bits per heavy atom. The SMILES string of the molecule is Cc1c(NC(=O)CCN2C(=O)c3ccccc3S2(=O)=O)c(=O)n(-c2ccccc2)n1C. The van der Waals surface area contributed by atoms with E-state index in [0.717, 1.165) is 0 Å². The van der Waals surface area contributed by atoms with Crippen molar-refractivity contribution in [2.45, 2.75) is 18.2 Å². The van der Waals surface area contributed by atoms with Gasteiger partial charge in [-0.3, -0.25) is 19.1 Å². The number of rotatable bonds is 5. The van der Waals surface area contributed by atoms with Crippen LogP contribution in [0.3, 0.4) is 0 Å². The van der Waals surface area contributed by atoms with Crippen LogP contribution in [0.2, 0.25) is 0 Å². The third-order valence-corrected chi connectivity index (χ3v) is 7.11. The van der Waals surface area contributed by atoms with Crippen molar-refractivity contribution in [3.05, 3.63) is 76.2 Å². The molecule has 31 heavy (non-hydrogen) atoms. The number of fused-ring (bicyclic) bond motifs is 1. The van der Waals surface area contributed by atoms with Gasteiger partial charge in [0.1, 0.15) is 10.6 Å². The number of sulfonamides is 1. The molecule has 4 rings (SSSR count). The molecule has 1 aliphatic rings. The first kappa shape index (κ1) is 20.6. The Morgan fingerprint density at radius 3 is 2.32 bits per heavy atom. The smallest absolute Gasteiger partial charge is 0.295 e. The lowest BCUT2D eigenvalue weighted by molar-refractivity contribution is -0.116. The van der Waals surface area contributed by atoms with Crippen LogP contribution in [0.4, 0.5) is 5.69 Å². The first-order valence-corrected chi connectivity index (χ1v) is 11.0. The molecule has 10 heteroatoms. The second-order valence-corrected chi connectivity index (χ2v) is 8.94. The number of nitrogens with one attached hydrogen (secondary N) is 1. The van der Waals surface area contributed by atoms with Crippen LogP contribution in [-0.4, -0.2) is 40.4 Å². The summed E-state index contributed by atoms with van der Waals surface area (Å²) in [5.41, 5.74) is 0.976. The Bertz CT molecular complexity index is 1360. The molecular formula is C21H20N4O5S. The van der Waals surface area contributed by atoms with Gasteiger partial charge in [-0.2, -0.15) is 0 Å². The molecule has 0 bridgehead atoms. The summed E-state index contributed by atoms with van der Waals surface area (Å²) >= 11 is 0. The minimum Gasteiger partial charge on any atom is -0.320 e. The first-order valence-electron chi connectivity index (χ1n) is 9.53. The Labute approximate surface area is 178 Å². The van der Waals surface area contributed by atoms with Crippen molar-refractivity contribution in [2.75, 3.05) is 11.9 Å². The van der Waals surface area contributed by atoms with Gasteiger partial charge in [0.05, 0.1) is 16.9 Å². The molecule has 1 N–H and O–H groups in total. The molecule has 0 saturated heterocycles. The molecule has 0 unspecified atom stereocenters. The maximum Gasteiger partial charge on any atom is 0.295 e. The Kier molecular flexibility index (Phi) is 5.02. The van der Waals surface area contributed by atoms with E-state index >= 15 is 0 Å². The highest BCUT2D eigenvalue weighted by Crippen LogP contribution is 2.29. The van der Waals surface area contributed by atoms with E-state index < -0.39 is 27.4 Å². The average molecular weight is 440 g/mol. The van der Waals surface area contributed by atoms with Crippen molar-refractivity contribution in [1.82, 2.24) is 13.7 Å². The molecule has 0 radical (unpaired) electrons. The van der Waals surface area contributed by atoms with Gasteiger partial charge in [0.25, 0.3) is 21.5 Å². The van der Waals surface area contributed by atoms with Gasteiger partial charge in [0.15, 0.2) is 0 Å². The molecular weight excluding hydrogens is 420 g/mol. The molecule has 3 aromatic rings. The number of aromatic nitrogens is 2. The summed E-state index contributed by atoms with van der Waals surface area (Å²) < 4.78 is 28.9. The zero-order valence-corrected chi connectivity index (χ0v) is 17.7. The molecule has 2 heterocycles. The number of hydrogen-bond donors (Lipinski definition) is 1. The maximum absolute atomic E-state index is 12.9. The van der Waals surface area contributed by atoms with E-state index in [-0.39, 0.29) is 29.1 Å². The van der Waals surface area contributed by atoms with E-state index in [1.54, 1.807) is 49.0 Å². The van der Waals surface area contributed by atoms with Gasteiger partial charge in [-0.05, 0) is 31.2 Å². The van der Waals surface area contributed by atoms with Crippen LogP contribution in [0.5, 0.6) is 0 Å². The Hall–Kier alpha value is -3.66. The normalized spacial score (nSPS) is 14.5. The van der Waals surface area contributed by atoms with Crippen molar-refractivity contribution in [2.24, 2.45) is 7.05 Å². The fourth-order valence-corrected chi connectivity index (χ4v) is 5.14. The quantitative estimate of drug-likeness (QED) is 0.649. The predicted octanol–water partition coefficient (Wildman–Crippen LogP) is 1.66. The zero-order valence-electron chi connectivity index (χ0n) is 16.9. The number of benzene rings is 2. The fourth-order valence-electron chi connectivity index (χ4n) is 3.57. The van der Waals surface area contributed by atoms with Gasteiger partial charge < -0.3 is 5.32 Å². The summed E-state index contributed by atoms with van der Waals surface area (Å²) in [5.74, 6) is -1.23. The van der Waals surface area contributed by atoms with Crippen molar-refractivity contribution >= 4 is 27.5 Å². The molecule has 1 aliphatic heterocycles. The van der Waals surface area contributed by atoms with Crippen molar-refractivity contribution < 1.29 is 18.0 Å². The van der Waals surface area contributed by atoms with E-state index in [9.17, 15) is 22.8 Å². The third kappa shape index (κ3) is 3.34. The number of amides is 2. The summed E-state index contributed by atoms with van der Waals surface area (Å²) in [6, 6.07) is 14.9. The summed E-state index contributed by atoms with van der Waals surface area (Å²) in [5, 5.41) is 2.57. The number of carbonyl (C=O) groups is 2. The molecule has 0 aliphatic carbocycles. The number of carbonyl (C=O) groups excluding carboxylic acids is 2. The van der Waals surface area contributed by atoms with Gasteiger partial charge >= 0.3 is 0 Å². The number of anilines is 1. The second-order valence-electron chi connectivity index (χ2n) is 7.11. The molecule has 1 aromatic heterocycles. The van der Waals surface area contributed by atoms with Gasteiger partial charge in [-0.15, -0.1) is 0 Å². The standard InChI is InChI=1S/C21H20N4O5S/c1-14-19(21(28)25(23(14)2)15-8-4-3-5-9-15)22-18(26)12-13-24-20(27)16-10-6-7-11-17(16)31(24,29)30/h3-11H,12-13H2,1-2H3,(H,22,26). The number of hydrogen-bond acceptors (Lipinski definition) is 5. The summed E-state index contributed by atoms with van der Waals surface area (Å²) in [7, 11) is -2.28. The van der Waals surface area contributed by atoms with Gasteiger partial charge in [-0.25, -0.2) is 17.4 Å².